The van der Waals surface area contributed by atoms with Gasteiger partial charge in [0.05, 0.1) is 5.56 Å². The highest BCUT2D eigenvalue weighted by Crippen LogP contribution is 2.25. The summed E-state index contributed by atoms with van der Waals surface area (Å²) in [5.41, 5.74) is 0.717. The molecule has 1 N–H and O–H groups in total. The van der Waals surface area contributed by atoms with Crippen molar-refractivity contribution in [1.82, 2.24) is 9.88 Å². The lowest BCUT2D eigenvalue weighted by atomic mass is 9.96. The maximum Gasteiger partial charge on any atom is 0.255 e. The molecular formula is C17H23N3O. The van der Waals surface area contributed by atoms with Crippen LogP contribution >= 0.6 is 0 Å². The Bertz CT molecular complexity index is 659. The minimum absolute atomic E-state index is 0.0104. The molecule has 4 nitrogen and oxygen atoms in total. The van der Waals surface area contributed by atoms with Gasteiger partial charge in [-0.25, -0.2) is 4.98 Å². The lowest BCUT2D eigenvalue weighted by molar-refractivity contribution is 0.0747. The number of amides is 1. The smallest absolute Gasteiger partial charge is 0.255 e. The van der Waals surface area contributed by atoms with Crippen molar-refractivity contribution in [3.8, 4) is 0 Å². The van der Waals surface area contributed by atoms with E-state index in [9.17, 15) is 4.79 Å². The molecule has 0 bridgehead atoms. The summed E-state index contributed by atoms with van der Waals surface area (Å²) in [6.07, 6.45) is 1.66. The van der Waals surface area contributed by atoms with E-state index in [0.717, 1.165) is 16.6 Å². The second kappa shape index (κ2) is 5.72. The standard InChI is InChI=1S/C17H23N3O/c1-17(2,3)11-20(5)16(21)14-10-19-15(18-4)13-9-7-6-8-12(13)14/h6-10H,11H2,1-5H3,(H,18,19). The fraction of sp³-hybridized carbons (Fsp3) is 0.412. The summed E-state index contributed by atoms with van der Waals surface area (Å²) in [6.45, 7) is 7.07. The first-order valence-corrected chi connectivity index (χ1v) is 7.14. The first-order chi connectivity index (χ1) is 9.83. The molecule has 0 unspecified atom stereocenters. The fourth-order valence-electron chi connectivity index (χ4n) is 2.55. The number of nitrogens with zero attached hydrogens (tertiary/aromatic N) is 2. The molecule has 1 aromatic heterocycles. The van der Waals surface area contributed by atoms with Gasteiger partial charge in [0.25, 0.3) is 5.91 Å². The molecule has 2 aromatic rings. The zero-order valence-electron chi connectivity index (χ0n) is 13.4. The Morgan fingerprint density at radius 3 is 2.43 bits per heavy atom. The molecule has 0 spiro atoms. The van der Waals surface area contributed by atoms with Crippen LogP contribution in [0.15, 0.2) is 30.5 Å². The van der Waals surface area contributed by atoms with Crippen LogP contribution in [0, 0.1) is 5.41 Å². The summed E-state index contributed by atoms with van der Waals surface area (Å²) in [4.78, 5) is 18.8. The minimum Gasteiger partial charge on any atom is -0.373 e. The number of rotatable bonds is 3. The lowest BCUT2D eigenvalue weighted by Crippen LogP contribution is -2.34. The Hall–Kier alpha value is -2.10. The molecule has 0 fully saturated rings. The molecule has 0 radical (unpaired) electrons. The summed E-state index contributed by atoms with van der Waals surface area (Å²) in [5.74, 6) is 0.803. The van der Waals surface area contributed by atoms with Crippen LogP contribution in [0.2, 0.25) is 0 Å². The Morgan fingerprint density at radius 1 is 1.24 bits per heavy atom. The Kier molecular flexibility index (Phi) is 4.16. The highest BCUT2D eigenvalue weighted by molar-refractivity contribution is 6.09. The first kappa shape index (κ1) is 15.3. The van der Waals surface area contributed by atoms with Gasteiger partial charge in [0.2, 0.25) is 0 Å². The highest BCUT2D eigenvalue weighted by atomic mass is 16.2. The third-order valence-corrected chi connectivity index (χ3v) is 3.32. The largest absolute Gasteiger partial charge is 0.373 e. The van der Waals surface area contributed by atoms with Crippen LogP contribution in [-0.4, -0.2) is 36.4 Å². The van der Waals surface area contributed by atoms with Gasteiger partial charge in [0.15, 0.2) is 0 Å². The van der Waals surface area contributed by atoms with Gasteiger partial charge >= 0.3 is 0 Å². The number of aromatic nitrogens is 1. The molecule has 2 rings (SSSR count). The van der Waals surface area contributed by atoms with Gasteiger partial charge in [-0.2, -0.15) is 0 Å². The van der Waals surface area contributed by atoms with Crippen molar-refractivity contribution in [2.45, 2.75) is 20.8 Å². The molecule has 1 amide bonds. The zero-order valence-corrected chi connectivity index (χ0v) is 13.4. The van der Waals surface area contributed by atoms with Crippen molar-refractivity contribution in [3.05, 3.63) is 36.0 Å². The van der Waals surface area contributed by atoms with Crippen LogP contribution < -0.4 is 5.32 Å². The first-order valence-electron chi connectivity index (χ1n) is 7.14. The van der Waals surface area contributed by atoms with Crippen molar-refractivity contribution in [1.29, 1.82) is 0 Å². The number of anilines is 1. The van der Waals surface area contributed by atoms with E-state index in [-0.39, 0.29) is 11.3 Å². The normalized spacial score (nSPS) is 11.5. The number of pyridine rings is 1. The van der Waals surface area contributed by atoms with E-state index in [1.807, 2.05) is 38.4 Å². The van der Waals surface area contributed by atoms with Crippen molar-refractivity contribution in [3.63, 3.8) is 0 Å². The number of nitrogens with one attached hydrogen (secondary N) is 1. The molecule has 0 saturated carbocycles. The van der Waals surface area contributed by atoms with E-state index < -0.39 is 0 Å². The third kappa shape index (κ3) is 3.32. The Labute approximate surface area is 126 Å². The molecule has 0 saturated heterocycles. The van der Waals surface area contributed by atoms with Crippen LogP contribution in [0.5, 0.6) is 0 Å². The van der Waals surface area contributed by atoms with E-state index in [4.69, 9.17) is 0 Å². The molecule has 21 heavy (non-hydrogen) atoms. The Morgan fingerprint density at radius 2 is 1.86 bits per heavy atom. The highest BCUT2D eigenvalue weighted by Gasteiger charge is 2.21. The van der Waals surface area contributed by atoms with Gasteiger partial charge in [0.1, 0.15) is 5.82 Å². The summed E-state index contributed by atoms with van der Waals surface area (Å²) >= 11 is 0. The maximum atomic E-state index is 12.7. The third-order valence-electron chi connectivity index (χ3n) is 3.32. The molecule has 0 aliphatic rings. The van der Waals surface area contributed by atoms with E-state index in [1.165, 1.54) is 0 Å². The predicted octanol–water partition coefficient (Wildman–Crippen LogP) is 3.39. The molecule has 0 atom stereocenters. The van der Waals surface area contributed by atoms with Crippen LogP contribution in [0.4, 0.5) is 5.82 Å². The van der Waals surface area contributed by atoms with E-state index in [0.29, 0.717) is 12.1 Å². The lowest BCUT2D eigenvalue weighted by Gasteiger charge is -2.27. The van der Waals surface area contributed by atoms with Gasteiger partial charge in [-0.1, -0.05) is 45.0 Å². The molecule has 1 aromatic carbocycles. The zero-order chi connectivity index (χ0) is 15.6. The van der Waals surface area contributed by atoms with Gasteiger partial charge in [0, 0.05) is 32.2 Å². The second-order valence-corrected chi connectivity index (χ2v) is 6.54. The van der Waals surface area contributed by atoms with Crippen LogP contribution in [0.25, 0.3) is 10.8 Å². The number of hydrogen-bond donors (Lipinski definition) is 1. The molecule has 0 aliphatic carbocycles. The minimum atomic E-state index is 0.0104. The molecule has 1 heterocycles. The molecule has 112 valence electrons. The van der Waals surface area contributed by atoms with E-state index in [2.05, 4.69) is 31.1 Å². The summed E-state index contributed by atoms with van der Waals surface area (Å²) in [7, 11) is 3.68. The van der Waals surface area contributed by atoms with E-state index >= 15 is 0 Å². The molecular weight excluding hydrogens is 262 g/mol. The van der Waals surface area contributed by atoms with E-state index in [1.54, 1.807) is 11.1 Å². The number of carbonyl (C=O) groups excluding carboxylic acids is 1. The SMILES string of the molecule is CNc1ncc(C(=O)N(C)CC(C)(C)C)c2ccccc12. The summed E-state index contributed by atoms with van der Waals surface area (Å²) in [6, 6.07) is 7.85. The number of carbonyl (C=O) groups is 1. The number of hydrogen-bond acceptors (Lipinski definition) is 3. The average Bonchev–Trinajstić information content (AvgIpc) is 2.43. The van der Waals surface area contributed by atoms with Crippen molar-refractivity contribution in [2.24, 2.45) is 5.41 Å². The van der Waals surface area contributed by atoms with Gasteiger partial charge in [-0.3, -0.25) is 4.79 Å². The van der Waals surface area contributed by atoms with Crippen LogP contribution in [0.3, 0.4) is 0 Å². The quantitative estimate of drug-likeness (QED) is 0.940. The predicted molar refractivity (Wildman–Crippen MR) is 87.7 cm³/mol. The van der Waals surface area contributed by atoms with Crippen LogP contribution in [-0.2, 0) is 0 Å². The fourth-order valence-corrected chi connectivity index (χ4v) is 2.55. The topological polar surface area (TPSA) is 45.2 Å². The summed E-state index contributed by atoms with van der Waals surface area (Å²) < 4.78 is 0. The van der Waals surface area contributed by atoms with Crippen molar-refractivity contribution < 1.29 is 4.79 Å². The molecule has 4 heteroatoms. The monoisotopic (exact) mass is 285 g/mol. The number of fused-ring (bicyclic) bond motifs is 1. The average molecular weight is 285 g/mol. The van der Waals surface area contributed by atoms with Gasteiger partial charge < -0.3 is 10.2 Å². The van der Waals surface area contributed by atoms with Crippen molar-refractivity contribution >= 4 is 22.5 Å². The molecule has 0 aliphatic heterocycles. The van der Waals surface area contributed by atoms with Gasteiger partial charge in [-0.05, 0) is 10.8 Å². The maximum absolute atomic E-state index is 12.7. The van der Waals surface area contributed by atoms with Crippen molar-refractivity contribution in [2.75, 3.05) is 26.0 Å². The number of benzene rings is 1. The van der Waals surface area contributed by atoms with Crippen LogP contribution in [0.1, 0.15) is 31.1 Å². The summed E-state index contributed by atoms with van der Waals surface area (Å²) in [5, 5.41) is 4.97. The van der Waals surface area contributed by atoms with Gasteiger partial charge in [-0.15, -0.1) is 0 Å². The Balaban J connectivity index is 2.45. The second-order valence-electron chi connectivity index (χ2n) is 6.54.